The van der Waals surface area contributed by atoms with Crippen molar-refractivity contribution in [1.82, 2.24) is 0 Å². The monoisotopic (exact) mass is 149 g/mol. The minimum Gasteiger partial charge on any atom is -0.507 e. The molecular formula is C7H8BNO2. The summed E-state index contributed by atoms with van der Waals surface area (Å²) < 4.78 is 0. The number of carbonyl (C=O) groups is 1. The third-order valence-electron chi connectivity index (χ3n) is 1.42. The van der Waals surface area contributed by atoms with Crippen LogP contribution in [0.1, 0.15) is 10.4 Å². The highest BCUT2D eigenvalue weighted by molar-refractivity contribution is 6.32. The molecule has 1 aromatic carbocycles. The van der Waals surface area contributed by atoms with Crippen LogP contribution in [0, 0.1) is 0 Å². The van der Waals surface area contributed by atoms with E-state index in [2.05, 4.69) is 0 Å². The Morgan fingerprint density at radius 3 is 2.64 bits per heavy atom. The van der Waals surface area contributed by atoms with E-state index in [0.717, 1.165) is 5.46 Å². The van der Waals surface area contributed by atoms with E-state index in [1.165, 1.54) is 6.07 Å². The zero-order chi connectivity index (χ0) is 8.43. The summed E-state index contributed by atoms with van der Waals surface area (Å²) in [4.78, 5) is 10.6. The molecule has 11 heavy (non-hydrogen) atoms. The van der Waals surface area contributed by atoms with E-state index in [-0.39, 0.29) is 11.3 Å². The Morgan fingerprint density at radius 1 is 1.55 bits per heavy atom. The molecule has 0 aliphatic carbocycles. The van der Waals surface area contributed by atoms with Crippen LogP contribution < -0.4 is 11.2 Å². The van der Waals surface area contributed by atoms with Gasteiger partial charge in [-0.25, -0.2) is 0 Å². The Morgan fingerprint density at radius 2 is 2.18 bits per heavy atom. The van der Waals surface area contributed by atoms with Crippen LogP contribution in [0.15, 0.2) is 18.2 Å². The van der Waals surface area contributed by atoms with Crippen LogP contribution in [0.5, 0.6) is 5.75 Å². The Balaban J connectivity index is 3.23. The van der Waals surface area contributed by atoms with Gasteiger partial charge in [-0.3, -0.25) is 4.79 Å². The number of phenols is 1. The Kier molecular flexibility index (Phi) is 1.85. The summed E-state index contributed by atoms with van der Waals surface area (Å²) >= 11 is 0. The molecule has 0 spiro atoms. The summed E-state index contributed by atoms with van der Waals surface area (Å²) in [6, 6.07) is 4.72. The second kappa shape index (κ2) is 2.66. The first kappa shape index (κ1) is 7.66. The van der Waals surface area contributed by atoms with Gasteiger partial charge in [0.05, 0.1) is 5.56 Å². The number of aromatic hydroxyl groups is 1. The van der Waals surface area contributed by atoms with Gasteiger partial charge in [0.2, 0.25) is 0 Å². The van der Waals surface area contributed by atoms with Gasteiger partial charge in [0, 0.05) is 0 Å². The van der Waals surface area contributed by atoms with Gasteiger partial charge < -0.3 is 10.8 Å². The van der Waals surface area contributed by atoms with E-state index < -0.39 is 5.91 Å². The van der Waals surface area contributed by atoms with Crippen molar-refractivity contribution in [2.24, 2.45) is 5.73 Å². The van der Waals surface area contributed by atoms with Gasteiger partial charge in [-0.05, 0) is 6.07 Å². The molecule has 0 saturated carbocycles. The molecule has 0 saturated heterocycles. The molecule has 0 heterocycles. The summed E-state index contributed by atoms with van der Waals surface area (Å²) in [5.41, 5.74) is 6.06. The van der Waals surface area contributed by atoms with Crippen LogP contribution in [0.3, 0.4) is 0 Å². The summed E-state index contributed by atoms with van der Waals surface area (Å²) in [7, 11) is 1.83. The molecule has 0 bridgehead atoms. The van der Waals surface area contributed by atoms with Gasteiger partial charge in [0.1, 0.15) is 13.6 Å². The summed E-state index contributed by atoms with van der Waals surface area (Å²) in [6.45, 7) is 0. The molecule has 0 unspecified atom stereocenters. The number of amides is 1. The fourth-order valence-electron chi connectivity index (χ4n) is 0.847. The predicted octanol–water partition coefficient (Wildman–Crippen LogP) is -1.25. The first-order valence-electron chi connectivity index (χ1n) is 3.20. The molecule has 1 aromatic rings. The van der Waals surface area contributed by atoms with E-state index >= 15 is 0 Å². The quantitative estimate of drug-likeness (QED) is 0.490. The largest absolute Gasteiger partial charge is 0.507 e. The lowest BCUT2D eigenvalue weighted by Crippen LogP contribution is -2.14. The van der Waals surface area contributed by atoms with Gasteiger partial charge in [-0.2, -0.15) is 0 Å². The number of carbonyl (C=O) groups excluding carboxylic acids is 1. The van der Waals surface area contributed by atoms with Crippen molar-refractivity contribution in [1.29, 1.82) is 0 Å². The molecule has 1 rings (SSSR count). The third-order valence-corrected chi connectivity index (χ3v) is 1.42. The maximum Gasteiger partial charge on any atom is 0.252 e. The third kappa shape index (κ3) is 1.52. The average Bonchev–Trinajstić information content (AvgIpc) is 1.94. The van der Waals surface area contributed by atoms with Gasteiger partial charge in [0.25, 0.3) is 5.91 Å². The van der Waals surface area contributed by atoms with E-state index in [1.54, 1.807) is 12.1 Å². The lowest BCUT2D eigenvalue weighted by atomic mass is 9.94. The number of nitrogens with two attached hydrogens (primary N) is 1. The van der Waals surface area contributed by atoms with Gasteiger partial charge in [-0.15, -0.1) is 0 Å². The van der Waals surface area contributed by atoms with E-state index in [1.807, 2.05) is 7.85 Å². The minimum absolute atomic E-state index is 0.0666. The topological polar surface area (TPSA) is 63.3 Å². The smallest absolute Gasteiger partial charge is 0.252 e. The number of hydrogen-bond acceptors (Lipinski definition) is 2. The van der Waals surface area contributed by atoms with Gasteiger partial charge in [0.15, 0.2) is 0 Å². The second-order valence-corrected chi connectivity index (χ2v) is 2.38. The first-order chi connectivity index (χ1) is 5.11. The first-order valence-corrected chi connectivity index (χ1v) is 3.20. The molecule has 1 amide bonds. The molecule has 0 aliphatic heterocycles. The Labute approximate surface area is 65.2 Å². The highest BCUT2D eigenvalue weighted by Crippen LogP contribution is 2.12. The van der Waals surface area contributed by atoms with Crippen molar-refractivity contribution in [3.63, 3.8) is 0 Å². The van der Waals surface area contributed by atoms with Crippen LogP contribution >= 0.6 is 0 Å². The normalized spacial score (nSPS) is 9.45. The summed E-state index contributed by atoms with van der Waals surface area (Å²) in [5.74, 6) is -0.672. The number of hydrogen-bond donors (Lipinski definition) is 2. The fraction of sp³-hybridized carbons (Fsp3) is 0. The fourth-order valence-corrected chi connectivity index (χ4v) is 0.847. The second-order valence-electron chi connectivity index (χ2n) is 2.38. The highest BCUT2D eigenvalue weighted by Gasteiger charge is 2.05. The molecule has 56 valence electrons. The SMILES string of the molecule is Bc1ccc(O)c(C(N)=O)c1. The number of benzene rings is 1. The maximum absolute atomic E-state index is 10.6. The Bertz CT molecular complexity index is 298. The lowest BCUT2D eigenvalue weighted by molar-refractivity contribution is 0.0998. The molecular weight excluding hydrogens is 141 g/mol. The lowest BCUT2D eigenvalue weighted by Gasteiger charge is -1.99. The summed E-state index contributed by atoms with van der Waals surface area (Å²) in [6.07, 6.45) is 0. The Hall–Kier alpha value is -1.45. The van der Waals surface area contributed by atoms with E-state index in [9.17, 15) is 4.79 Å². The standard InChI is InChI=1S/C7H8BNO2/c8-4-1-2-6(10)5(3-4)7(9)11/h1-3,10H,8H2,(H2,9,11). The number of rotatable bonds is 1. The van der Waals surface area contributed by atoms with E-state index in [4.69, 9.17) is 10.8 Å². The molecule has 0 fully saturated rings. The molecule has 3 nitrogen and oxygen atoms in total. The molecule has 0 aromatic heterocycles. The molecule has 4 heteroatoms. The van der Waals surface area contributed by atoms with Crippen molar-refractivity contribution in [3.8, 4) is 5.75 Å². The zero-order valence-corrected chi connectivity index (χ0v) is 6.16. The molecule has 0 aliphatic rings. The van der Waals surface area contributed by atoms with Gasteiger partial charge in [-0.1, -0.05) is 17.6 Å². The minimum atomic E-state index is -0.605. The van der Waals surface area contributed by atoms with Crippen molar-refractivity contribution < 1.29 is 9.90 Å². The van der Waals surface area contributed by atoms with Crippen LogP contribution in [0.25, 0.3) is 0 Å². The van der Waals surface area contributed by atoms with Crippen molar-refractivity contribution in [3.05, 3.63) is 23.8 Å². The molecule has 0 atom stereocenters. The highest BCUT2D eigenvalue weighted by atomic mass is 16.3. The van der Waals surface area contributed by atoms with Crippen LogP contribution in [0.4, 0.5) is 0 Å². The van der Waals surface area contributed by atoms with Crippen molar-refractivity contribution in [2.75, 3.05) is 0 Å². The van der Waals surface area contributed by atoms with E-state index in [0.29, 0.717) is 0 Å². The van der Waals surface area contributed by atoms with Crippen LogP contribution in [-0.2, 0) is 0 Å². The predicted molar refractivity (Wildman–Crippen MR) is 44.8 cm³/mol. The van der Waals surface area contributed by atoms with Crippen LogP contribution in [-0.4, -0.2) is 18.9 Å². The van der Waals surface area contributed by atoms with Crippen molar-refractivity contribution in [2.45, 2.75) is 0 Å². The maximum atomic E-state index is 10.6. The number of primary amides is 1. The van der Waals surface area contributed by atoms with Gasteiger partial charge >= 0.3 is 0 Å². The van der Waals surface area contributed by atoms with Crippen molar-refractivity contribution >= 4 is 19.2 Å². The average molecular weight is 149 g/mol. The molecule has 0 radical (unpaired) electrons. The zero-order valence-electron chi connectivity index (χ0n) is 6.16. The summed E-state index contributed by atoms with van der Waals surface area (Å²) in [5, 5.41) is 9.10. The van der Waals surface area contributed by atoms with Crippen LogP contribution in [0.2, 0.25) is 0 Å². The molecule has 3 N–H and O–H groups in total.